The minimum Gasteiger partial charge on any atom is -0.467 e. The Bertz CT molecular complexity index is 660. The Balaban J connectivity index is 0.00000312. The number of guanidine groups is 1. The van der Waals surface area contributed by atoms with Gasteiger partial charge in [-0.2, -0.15) is 0 Å². The third-order valence-corrected chi connectivity index (χ3v) is 3.49. The van der Waals surface area contributed by atoms with Crippen molar-refractivity contribution in [1.29, 1.82) is 0 Å². The van der Waals surface area contributed by atoms with Crippen molar-refractivity contribution < 1.29 is 9.21 Å². The molecule has 0 saturated carbocycles. The van der Waals surface area contributed by atoms with Gasteiger partial charge in [-0.1, -0.05) is 11.6 Å². The zero-order valence-electron chi connectivity index (χ0n) is 13.9. The van der Waals surface area contributed by atoms with Crippen LogP contribution in [-0.2, 0) is 11.3 Å². The number of rotatable bonds is 7. The highest BCUT2D eigenvalue weighted by atomic mass is 127. The van der Waals surface area contributed by atoms with Gasteiger partial charge in [0.25, 0.3) is 0 Å². The van der Waals surface area contributed by atoms with E-state index in [1.54, 1.807) is 37.6 Å². The molecule has 0 atom stereocenters. The average molecular weight is 477 g/mol. The van der Waals surface area contributed by atoms with Gasteiger partial charge in [0.15, 0.2) is 5.96 Å². The molecule has 0 unspecified atom stereocenters. The first-order chi connectivity index (χ1) is 11.7. The van der Waals surface area contributed by atoms with E-state index in [0.29, 0.717) is 36.9 Å². The third kappa shape index (κ3) is 8.26. The number of halogens is 2. The van der Waals surface area contributed by atoms with Crippen LogP contribution in [0, 0.1) is 0 Å². The molecule has 0 aliphatic heterocycles. The van der Waals surface area contributed by atoms with Crippen molar-refractivity contribution in [2.45, 2.75) is 19.4 Å². The SMILES string of the molecule is CN=C(NCCCC(=O)Nc1ccc(Cl)cc1)NCc1ccco1.I. The maximum absolute atomic E-state index is 11.9. The van der Waals surface area contributed by atoms with Crippen molar-refractivity contribution in [1.82, 2.24) is 10.6 Å². The molecule has 0 spiro atoms. The number of carbonyl (C=O) groups excluding carboxylic acids is 1. The Hall–Kier alpha value is -1.74. The minimum atomic E-state index is -0.0299. The van der Waals surface area contributed by atoms with Gasteiger partial charge in [-0.25, -0.2) is 0 Å². The summed E-state index contributed by atoms with van der Waals surface area (Å²) in [5.74, 6) is 1.47. The Kier molecular flexibility index (Phi) is 10.0. The Morgan fingerprint density at radius 2 is 1.96 bits per heavy atom. The molecule has 25 heavy (non-hydrogen) atoms. The van der Waals surface area contributed by atoms with Crippen LogP contribution in [0.3, 0.4) is 0 Å². The highest BCUT2D eigenvalue weighted by Crippen LogP contribution is 2.13. The van der Waals surface area contributed by atoms with Gasteiger partial charge in [0.05, 0.1) is 12.8 Å². The lowest BCUT2D eigenvalue weighted by atomic mass is 10.2. The summed E-state index contributed by atoms with van der Waals surface area (Å²) < 4.78 is 5.24. The molecule has 2 aromatic rings. The molecule has 0 fully saturated rings. The normalized spacial score (nSPS) is 10.7. The highest BCUT2D eigenvalue weighted by Gasteiger charge is 2.03. The molecule has 0 aliphatic rings. The van der Waals surface area contributed by atoms with E-state index in [-0.39, 0.29) is 29.9 Å². The van der Waals surface area contributed by atoms with Gasteiger partial charge in [-0.3, -0.25) is 9.79 Å². The second-order valence-electron chi connectivity index (χ2n) is 5.09. The van der Waals surface area contributed by atoms with Crippen LogP contribution in [-0.4, -0.2) is 25.5 Å². The van der Waals surface area contributed by atoms with Crippen molar-refractivity contribution in [2.75, 3.05) is 18.9 Å². The molecule has 1 heterocycles. The second-order valence-corrected chi connectivity index (χ2v) is 5.53. The summed E-state index contributed by atoms with van der Waals surface area (Å²) in [7, 11) is 1.70. The van der Waals surface area contributed by atoms with Crippen LogP contribution in [0.25, 0.3) is 0 Å². The van der Waals surface area contributed by atoms with Crippen LogP contribution in [0.2, 0.25) is 5.02 Å². The zero-order chi connectivity index (χ0) is 17.2. The molecule has 0 aliphatic carbocycles. The van der Waals surface area contributed by atoms with Crippen molar-refractivity contribution in [2.24, 2.45) is 4.99 Å². The summed E-state index contributed by atoms with van der Waals surface area (Å²) in [6, 6.07) is 10.8. The summed E-state index contributed by atoms with van der Waals surface area (Å²) >= 11 is 5.81. The highest BCUT2D eigenvalue weighted by molar-refractivity contribution is 14.0. The molecule has 0 saturated heterocycles. The fourth-order valence-corrected chi connectivity index (χ4v) is 2.14. The number of benzene rings is 1. The topological polar surface area (TPSA) is 78.7 Å². The van der Waals surface area contributed by atoms with Crippen LogP contribution in [0.5, 0.6) is 0 Å². The maximum atomic E-state index is 11.9. The lowest BCUT2D eigenvalue weighted by Crippen LogP contribution is -2.37. The average Bonchev–Trinajstić information content (AvgIpc) is 3.10. The monoisotopic (exact) mass is 476 g/mol. The summed E-state index contributed by atoms with van der Waals surface area (Å²) in [4.78, 5) is 16.0. The van der Waals surface area contributed by atoms with E-state index in [0.717, 1.165) is 11.4 Å². The summed E-state index contributed by atoms with van der Waals surface area (Å²) in [5, 5.41) is 9.77. The number of anilines is 1. The first kappa shape index (κ1) is 21.3. The van der Waals surface area contributed by atoms with E-state index in [2.05, 4.69) is 20.9 Å². The lowest BCUT2D eigenvalue weighted by molar-refractivity contribution is -0.116. The van der Waals surface area contributed by atoms with Crippen molar-refractivity contribution in [3.05, 3.63) is 53.4 Å². The molecule has 1 aromatic carbocycles. The number of nitrogens with one attached hydrogen (secondary N) is 3. The molecule has 6 nitrogen and oxygen atoms in total. The largest absolute Gasteiger partial charge is 0.467 e. The Morgan fingerprint density at radius 3 is 2.60 bits per heavy atom. The number of furan rings is 1. The molecule has 1 aromatic heterocycles. The number of hydrogen-bond acceptors (Lipinski definition) is 3. The van der Waals surface area contributed by atoms with Crippen molar-refractivity contribution >= 4 is 53.1 Å². The van der Waals surface area contributed by atoms with E-state index in [4.69, 9.17) is 16.0 Å². The van der Waals surface area contributed by atoms with Gasteiger partial charge in [0, 0.05) is 30.7 Å². The smallest absolute Gasteiger partial charge is 0.224 e. The van der Waals surface area contributed by atoms with Gasteiger partial charge in [-0.15, -0.1) is 24.0 Å². The number of aliphatic imine (C=N–C) groups is 1. The van der Waals surface area contributed by atoms with Gasteiger partial charge >= 0.3 is 0 Å². The molecule has 0 bridgehead atoms. The molecular formula is C17H22ClIN4O2. The predicted octanol–water partition coefficient (Wildman–Crippen LogP) is 3.63. The van der Waals surface area contributed by atoms with E-state index in [1.165, 1.54) is 0 Å². The number of nitrogens with zero attached hydrogens (tertiary/aromatic N) is 1. The Morgan fingerprint density at radius 1 is 1.20 bits per heavy atom. The zero-order valence-corrected chi connectivity index (χ0v) is 17.0. The first-order valence-electron chi connectivity index (χ1n) is 7.69. The summed E-state index contributed by atoms with van der Waals surface area (Å²) in [5.41, 5.74) is 0.744. The maximum Gasteiger partial charge on any atom is 0.224 e. The summed E-state index contributed by atoms with van der Waals surface area (Å²) in [6.45, 7) is 1.20. The van der Waals surface area contributed by atoms with Crippen LogP contribution in [0.4, 0.5) is 5.69 Å². The third-order valence-electron chi connectivity index (χ3n) is 3.23. The van der Waals surface area contributed by atoms with Crippen LogP contribution in [0.15, 0.2) is 52.1 Å². The number of hydrogen-bond donors (Lipinski definition) is 3. The molecule has 0 radical (unpaired) electrons. The van der Waals surface area contributed by atoms with Crippen molar-refractivity contribution in [3.8, 4) is 0 Å². The first-order valence-corrected chi connectivity index (χ1v) is 8.07. The molecule has 1 amide bonds. The van der Waals surface area contributed by atoms with Crippen molar-refractivity contribution in [3.63, 3.8) is 0 Å². The number of carbonyl (C=O) groups is 1. The Labute approximate surface area is 169 Å². The minimum absolute atomic E-state index is 0. The predicted molar refractivity (Wildman–Crippen MR) is 112 cm³/mol. The van der Waals surface area contributed by atoms with E-state index >= 15 is 0 Å². The standard InChI is InChI=1S/C17H21ClN4O2.HI/c1-19-17(21-12-15-4-3-11-24-15)20-10-2-5-16(23)22-14-8-6-13(18)7-9-14;/h3-4,6-9,11H,2,5,10,12H2,1H3,(H,22,23)(H2,19,20,21);1H. The fourth-order valence-electron chi connectivity index (χ4n) is 2.02. The molecule has 8 heteroatoms. The molecule has 2 rings (SSSR count). The lowest BCUT2D eigenvalue weighted by Gasteiger charge is -2.11. The van der Waals surface area contributed by atoms with E-state index in [9.17, 15) is 4.79 Å². The molecular weight excluding hydrogens is 455 g/mol. The van der Waals surface area contributed by atoms with Gasteiger partial charge < -0.3 is 20.4 Å². The fraction of sp³-hybridized carbons (Fsp3) is 0.294. The van der Waals surface area contributed by atoms with E-state index < -0.39 is 0 Å². The van der Waals surface area contributed by atoms with Gasteiger partial charge in [0.2, 0.25) is 5.91 Å². The van der Waals surface area contributed by atoms with Gasteiger partial charge in [0.1, 0.15) is 5.76 Å². The van der Waals surface area contributed by atoms with Crippen LogP contribution >= 0.6 is 35.6 Å². The quantitative estimate of drug-likeness (QED) is 0.247. The van der Waals surface area contributed by atoms with E-state index in [1.807, 2.05) is 12.1 Å². The second kappa shape index (κ2) is 11.8. The molecule has 3 N–H and O–H groups in total. The van der Waals surface area contributed by atoms with Gasteiger partial charge in [-0.05, 0) is 42.8 Å². The van der Waals surface area contributed by atoms with Crippen LogP contribution in [0.1, 0.15) is 18.6 Å². The van der Waals surface area contributed by atoms with Crippen LogP contribution < -0.4 is 16.0 Å². The summed E-state index contributed by atoms with van der Waals surface area (Å²) in [6.07, 6.45) is 2.75. The molecule has 136 valence electrons. The number of amides is 1.